The molecule has 0 aliphatic heterocycles. The molecule has 0 bridgehead atoms. The molecule has 0 aliphatic carbocycles. The fourth-order valence-corrected chi connectivity index (χ4v) is 16.9. The molecule has 19 rings (SSSR count). The standard InChI is InChI=1S/C21H16FN5S.C21H17N5S.C20H14Cl2N6S.C20H15FN6S.C15H14N6S/c22-17-12-15(6-7-19(17)28-16-8-10-24-11-9-16)25-20-13-18(26-21(23)27-20)14-4-2-1-3-5-14;22-21-25-19(15-4-2-1-3-5-15)14-20(26-21)24-16-6-8-17(9-7-16)27-18-10-12-23-13-11-18;21-15-8-13(9-16(22)19(15)29-14-3-6-24-7-4-14)26-18-10-17(27-20(23)28-18)12-2-1-5-25-11-12;21-16-10-14(3-4-18(16)28-15-5-8-23-9-6-15)25-19-11-17(26-20(22)27-19)13-2-1-7-24-12-13;1-10-8-13(21-15(16)19-10)20-11-2-3-14(18-9-11)22-12-4-6-17-7-5-12/h1-13H,(H3,23,25,26,27);1-14H,(H3,22,24,25,26);1-11H,(H3,23,26,27,28);1-12H,(H3,22,25,26,27);2-9H,1H3,(H3,16,19,20,21). The summed E-state index contributed by atoms with van der Waals surface area (Å²) in [5, 5.41) is 17.8. The molecule has 37 heteroatoms. The Hall–Kier alpha value is -15.9. The van der Waals surface area contributed by atoms with Gasteiger partial charge in [0, 0.05) is 212 Å². The number of hydrogen-bond acceptors (Lipinski definition) is 33. The molecule has 0 unspecified atom stereocenters. The highest BCUT2D eigenvalue weighted by atomic mass is 35.5. The van der Waals surface area contributed by atoms with Gasteiger partial charge < -0.3 is 55.3 Å². The monoisotopic (exact) mass is 1900 g/mol. The molecule has 28 nitrogen and oxygen atoms in total. The molecule has 0 atom stereocenters. The maximum atomic E-state index is 14.5. The Morgan fingerprint density at radius 2 is 0.590 bits per heavy atom. The molecule has 134 heavy (non-hydrogen) atoms. The van der Waals surface area contributed by atoms with Gasteiger partial charge in [-0.25, -0.2) is 38.7 Å². The third kappa shape index (κ3) is 28.1. The van der Waals surface area contributed by atoms with E-state index in [4.69, 9.17) is 51.9 Å². The van der Waals surface area contributed by atoms with Gasteiger partial charge in [0.05, 0.1) is 44.7 Å². The van der Waals surface area contributed by atoms with Crippen LogP contribution in [0.15, 0.2) is 403 Å². The molecule has 0 amide bonds. The van der Waals surface area contributed by atoms with Gasteiger partial charge in [0.25, 0.3) is 0 Å². The number of halogens is 4. The summed E-state index contributed by atoms with van der Waals surface area (Å²) in [7, 11) is 0. The van der Waals surface area contributed by atoms with Crippen LogP contribution in [0.2, 0.25) is 10.0 Å². The van der Waals surface area contributed by atoms with Crippen molar-refractivity contribution in [1.82, 2.24) is 89.7 Å². The van der Waals surface area contributed by atoms with Gasteiger partial charge in [-0.05, 0) is 177 Å². The van der Waals surface area contributed by atoms with Crippen LogP contribution in [0.3, 0.4) is 0 Å². The van der Waals surface area contributed by atoms with E-state index >= 15 is 0 Å². The van der Waals surface area contributed by atoms with Gasteiger partial charge in [-0.2, -0.15) is 24.9 Å². The van der Waals surface area contributed by atoms with Gasteiger partial charge in [0.1, 0.15) is 45.7 Å². The number of nitrogens with two attached hydrogens (primary N) is 5. The summed E-state index contributed by atoms with van der Waals surface area (Å²) in [5.74, 6) is 3.07. The van der Waals surface area contributed by atoms with Gasteiger partial charge in [-0.1, -0.05) is 143 Å². The third-order valence-electron chi connectivity index (χ3n) is 18.1. The number of nitrogens with one attached hydrogen (secondary N) is 5. The van der Waals surface area contributed by atoms with E-state index in [-0.39, 0.29) is 41.4 Å². The molecule has 0 aliphatic rings. The predicted octanol–water partition coefficient (Wildman–Crippen LogP) is 23.5. The lowest BCUT2D eigenvalue weighted by Gasteiger charge is -2.12. The Morgan fingerprint density at radius 3 is 0.970 bits per heavy atom. The van der Waals surface area contributed by atoms with Crippen molar-refractivity contribution in [3.8, 4) is 45.0 Å². The maximum absolute atomic E-state index is 14.5. The summed E-state index contributed by atoms with van der Waals surface area (Å²) >= 11 is 20.4. The van der Waals surface area contributed by atoms with Crippen molar-refractivity contribution in [1.29, 1.82) is 0 Å². The summed E-state index contributed by atoms with van der Waals surface area (Å²) in [6.07, 6.45) is 25.8. The van der Waals surface area contributed by atoms with Crippen molar-refractivity contribution in [2.75, 3.05) is 55.3 Å². The number of aromatic nitrogens is 18. The number of nitrogen functional groups attached to an aromatic ring is 5. The quantitative estimate of drug-likeness (QED) is 0.0269. The van der Waals surface area contributed by atoms with Crippen molar-refractivity contribution in [2.45, 2.75) is 56.0 Å². The number of aryl methyl sites for hydroxylation is 1. The minimum Gasteiger partial charge on any atom is -0.368 e. The minimum absolute atomic E-state index is 0.120. The van der Waals surface area contributed by atoms with Crippen LogP contribution in [0.5, 0.6) is 0 Å². The topological polar surface area (TPSA) is 422 Å². The number of pyridine rings is 8. The first-order chi connectivity index (χ1) is 65.4. The molecule has 13 heterocycles. The van der Waals surface area contributed by atoms with E-state index in [0.29, 0.717) is 83.1 Å². The third-order valence-corrected chi connectivity index (χ3v) is 24.2. The summed E-state index contributed by atoms with van der Waals surface area (Å²) in [5.41, 5.74) is 39.9. The van der Waals surface area contributed by atoms with Crippen LogP contribution in [-0.2, 0) is 0 Å². The first kappa shape index (κ1) is 92.8. The highest BCUT2D eigenvalue weighted by Crippen LogP contribution is 2.42. The Balaban J connectivity index is 0.000000128. The highest BCUT2D eigenvalue weighted by molar-refractivity contribution is 8.00. The first-order valence-electron chi connectivity index (χ1n) is 40.4. The molecule has 662 valence electrons. The van der Waals surface area contributed by atoms with Crippen molar-refractivity contribution < 1.29 is 8.78 Å². The molecule has 13 aromatic heterocycles. The van der Waals surface area contributed by atoms with Crippen molar-refractivity contribution in [2.24, 2.45) is 0 Å². The number of benzene rings is 6. The van der Waals surface area contributed by atoms with E-state index in [1.807, 2.05) is 189 Å². The molecule has 0 saturated heterocycles. The molecule has 6 aromatic carbocycles. The van der Waals surface area contributed by atoms with Crippen LogP contribution in [0.25, 0.3) is 45.0 Å². The van der Waals surface area contributed by atoms with Crippen molar-refractivity contribution in [3.05, 3.63) is 381 Å². The first-order valence-corrected chi connectivity index (χ1v) is 45.2. The van der Waals surface area contributed by atoms with E-state index in [1.165, 1.54) is 47.4 Å². The number of nitrogens with zero attached hydrogens (tertiary/aromatic N) is 18. The van der Waals surface area contributed by atoms with Crippen molar-refractivity contribution in [3.63, 3.8) is 0 Å². The summed E-state index contributed by atoms with van der Waals surface area (Å²) < 4.78 is 29.0. The molecular formula is C97H76Cl2F2N28S5. The molecular weight excluding hydrogens is 1830 g/mol. The van der Waals surface area contributed by atoms with Crippen molar-refractivity contribution >= 4 is 169 Å². The van der Waals surface area contributed by atoms with Gasteiger partial charge in [-0.15, -0.1) is 0 Å². The zero-order valence-electron chi connectivity index (χ0n) is 70.5. The Labute approximate surface area is 799 Å². The van der Waals surface area contributed by atoms with Gasteiger partial charge >= 0.3 is 0 Å². The highest BCUT2D eigenvalue weighted by Gasteiger charge is 2.17. The van der Waals surface area contributed by atoms with Crippen LogP contribution in [0, 0.1) is 18.6 Å². The molecule has 0 spiro atoms. The Bertz CT molecular complexity index is 6850. The lowest BCUT2D eigenvalue weighted by atomic mass is 10.1. The van der Waals surface area contributed by atoms with Gasteiger partial charge in [0.2, 0.25) is 29.7 Å². The average molecular weight is 1900 g/mol. The van der Waals surface area contributed by atoms with Crippen LogP contribution >= 0.6 is 82.0 Å². The zero-order chi connectivity index (χ0) is 92.8. The van der Waals surface area contributed by atoms with Crippen LogP contribution < -0.4 is 55.3 Å². The van der Waals surface area contributed by atoms with Crippen LogP contribution in [0.4, 0.5) is 96.0 Å². The molecule has 0 fully saturated rings. The van der Waals surface area contributed by atoms with Crippen LogP contribution in [0.1, 0.15) is 5.69 Å². The fourth-order valence-electron chi connectivity index (χ4n) is 12.2. The SMILES string of the molecule is Cc1cc(Nc2ccc(Sc3ccncc3)nc2)nc(N)n1.Nc1nc(Nc2cc(Cl)c(Sc3ccncc3)c(Cl)c2)cc(-c2cccnc2)n1.Nc1nc(Nc2ccc(Sc3ccncc3)c(F)c2)cc(-c2ccccc2)n1.Nc1nc(Nc2ccc(Sc3ccncc3)c(F)c2)cc(-c2cccnc2)n1.Nc1nc(Nc2ccc(Sc3ccncc3)cc2)cc(-c2ccccc2)n1. The zero-order valence-corrected chi connectivity index (χ0v) is 76.1. The Kier molecular flexibility index (Phi) is 32.3. The van der Waals surface area contributed by atoms with E-state index < -0.39 is 0 Å². The predicted molar refractivity (Wildman–Crippen MR) is 532 cm³/mol. The average Bonchev–Trinajstić information content (AvgIpc) is 0.821. The lowest BCUT2D eigenvalue weighted by Crippen LogP contribution is -2.02. The second-order valence-corrected chi connectivity index (χ2v) is 34.3. The number of anilines is 15. The molecule has 19 aromatic rings. The molecule has 0 radical (unpaired) electrons. The maximum Gasteiger partial charge on any atom is 0.222 e. The van der Waals surface area contributed by atoms with E-state index in [0.717, 1.165) is 84.3 Å². The fraction of sp³-hybridized carbons (Fsp3) is 0.0103. The molecule has 0 saturated carbocycles. The van der Waals surface area contributed by atoms with Crippen LogP contribution in [-0.4, -0.2) is 89.7 Å². The van der Waals surface area contributed by atoms with Gasteiger partial charge in [0.15, 0.2) is 0 Å². The Morgan fingerprint density at radius 1 is 0.261 bits per heavy atom. The minimum atomic E-state index is -0.332. The van der Waals surface area contributed by atoms with E-state index in [9.17, 15) is 8.78 Å². The second-order valence-electron chi connectivity index (χ2n) is 28.0. The number of rotatable bonds is 24. The second kappa shape index (κ2) is 46.6. The smallest absolute Gasteiger partial charge is 0.222 e. The largest absolute Gasteiger partial charge is 0.368 e. The lowest BCUT2D eigenvalue weighted by molar-refractivity contribution is 0.602. The van der Waals surface area contributed by atoms with E-state index in [1.54, 1.807) is 171 Å². The number of hydrogen-bond donors (Lipinski definition) is 10. The summed E-state index contributed by atoms with van der Waals surface area (Å²) in [6, 6.07) is 80.6. The van der Waals surface area contributed by atoms with E-state index in [2.05, 4.69) is 128 Å². The molecule has 15 N–H and O–H groups in total. The van der Waals surface area contributed by atoms with Gasteiger partial charge in [-0.3, -0.25) is 34.9 Å². The summed E-state index contributed by atoms with van der Waals surface area (Å²) in [6.45, 7) is 1.87. The normalized spacial score (nSPS) is 10.6. The summed E-state index contributed by atoms with van der Waals surface area (Å²) in [4.78, 5) is 82.8.